The lowest BCUT2D eigenvalue weighted by Gasteiger charge is -2.14. The van der Waals surface area contributed by atoms with Crippen LogP contribution in [0.25, 0.3) is 0 Å². The Bertz CT molecular complexity index is 398. The van der Waals surface area contributed by atoms with Crippen LogP contribution in [0, 0.1) is 6.92 Å². The molecule has 5 heteroatoms. The maximum Gasteiger partial charge on any atom is 0.330 e. The normalized spacial score (nSPS) is 12.2. The van der Waals surface area contributed by atoms with Gasteiger partial charge in [0.15, 0.2) is 6.29 Å². The molecule has 94 valence electrons. The summed E-state index contributed by atoms with van der Waals surface area (Å²) in [7, 11) is 1.36. The molecule has 1 aromatic heterocycles. The lowest BCUT2D eigenvalue weighted by Crippen LogP contribution is -2.21. The van der Waals surface area contributed by atoms with Crippen molar-refractivity contribution in [2.45, 2.75) is 39.2 Å². The molecule has 0 radical (unpaired) electrons. The van der Waals surface area contributed by atoms with E-state index in [0.717, 1.165) is 18.4 Å². The third-order valence-corrected chi connectivity index (χ3v) is 2.69. The predicted octanol–water partition coefficient (Wildman–Crippen LogP) is 1.91. The highest BCUT2D eigenvalue weighted by molar-refractivity contribution is 5.76. The van der Waals surface area contributed by atoms with Crippen LogP contribution >= 0.6 is 0 Å². The summed E-state index contributed by atoms with van der Waals surface area (Å²) in [5.41, 5.74) is 1.14. The van der Waals surface area contributed by atoms with E-state index in [4.69, 9.17) is 4.74 Å². The number of esters is 1. The van der Waals surface area contributed by atoms with Gasteiger partial charge in [0.1, 0.15) is 11.7 Å². The highest BCUT2D eigenvalue weighted by Crippen LogP contribution is 2.18. The topological polar surface area (TPSA) is 61.2 Å². The van der Waals surface area contributed by atoms with Gasteiger partial charge in [0.2, 0.25) is 0 Å². The van der Waals surface area contributed by atoms with E-state index < -0.39 is 6.04 Å². The molecule has 0 spiro atoms. The Kier molecular flexibility index (Phi) is 4.87. The Morgan fingerprint density at radius 1 is 1.65 bits per heavy atom. The molecule has 5 nitrogen and oxygen atoms in total. The van der Waals surface area contributed by atoms with E-state index in [2.05, 4.69) is 12.0 Å². The molecule has 0 amide bonds. The second-order valence-corrected chi connectivity index (χ2v) is 3.98. The van der Waals surface area contributed by atoms with Crippen LogP contribution in [0.3, 0.4) is 0 Å². The van der Waals surface area contributed by atoms with E-state index in [1.165, 1.54) is 11.8 Å². The number of aryl methyl sites for hydroxylation is 1. The summed E-state index contributed by atoms with van der Waals surface area (Å²) in [4.78, 5) is 22.4. The van der Waals surface area contributed by atoms with E-state index in [1.54, 1.807) is 13.1 Å². The summed E-state index contributed by atoms with van der Waals surface area (Å²) >= 11 is 0. The van der Waals surface area contributed by atoms with Crippen molar-refractivity contribution in [3.63, 3.8) is 0 Å². The van der Waals surface area contributed by atoms with E-state index in [0.29, 0.717) is 18.4 Å². The lowest BCUT2D eigenvalue weighted by atomic mass is 10.1. The minimum Gasteiger partial charge on any atom is -0.467 e. The number of ether oxygens (including phenoxy) is 1. The third-order valence-electron chi connectivity index (χ3n) is 2.69. The van der Waals surface area contributed by atoms with Gasteiger partial charge in [-0.1, -0.05) is 19.8 Å². The SMILES string of the molecule is CCCCC(C(=O)OC)n1cc(C)c(C=O)n1. The smallest absolute Gasteiger partial charge is 0.330 e. The third kappa shape index (κ3) is 3.15. The Labute approximate surface area is 101 Å². The number of carbonyl (C=O) groups excluding carboxylic acids is 2. The first-order valence-corrected chi connectivity index (χ1v) is 5.72. The molecule has 1 unspecified atom stereocenters. The zero-order valence-electron chi connectivity index (χ0n) is 10.5. The average molecular weight is 238 g/mol. The van der Waals surface area contributed by atoms with Gasteiger partial charge < -0.3 is 4.74 Å². The van der Waals surface area contributed by atoms with Crippen LogP contribution in [0.2, 0.25) is 0 Å². The number of hydrogen-bond acceptors (Lipinski definition) is 4. The minimum atomic E-state index is -0.438. The summed E-state index contributed by atoms with van der Waals surface area (Å²) < 4.78 is 6.29. The second kappa shape index (κ2) is 6.18. The molecule has 1 atom stereocenters. The molecular weight excluding hydrogens is 220 g/mol. The number of methoxy groups -OCH3 is 1. The minimum absolute atomic E-state index is 0.321. The molecular formula is C12H18N2O3. The molecule has 0 saturated heterocycles. The predicted molar refractivity (Wildman–Crippen MR) is 62.9 cm³/mol. The van der Waals surface area contributed by atoms with Gasteiger partial charge >= 0.3 is 5.97 Å². The lowest BCUT2D eigenvalue weighted by molar-refractivity contribution is -0.145. The van der Waals surface area contributed by atoms with Crippen molar-refractivity contribution >= 4 is 12.3 Å². The fraction of sp³-hybridized carbons (Fsp3) is 0.583. The Hall–Kier alpha value is -1.65. The highest BCUT2D eigenvalue weighted by Gasteiger charge is 2.22. The number of rotatable bonds is 6. The van der Waals surface area contributed by atoms with Crippen molar-refractivity contribution in [2.24, 2.45) is 0 Å². The van der Waals surface area contributed by atoms with Crippen LogP contribution in [-0.2, 0) is 9.53 Å². The van der Waals surface area contributed by atoms with Crippen LogP contribution in [0.1, 0.15) is 48.3 Å². The molecule has 17 heavy (non-hydrogen) atoms. The quantitative estimate of drug-likeness (QED) is 0.561. The second-order valence-electron chi connectivity index (χ2n) is 3.98. The molecule has 0 fully saturated rings. The molecule has 1 heterocycles. The van der Waals surface area contributed by atoms with Crippen LogP contribution in [0.4, 0.5) is 0 Å². The van der Waals surface area contributed by atoms with Gasteiger partial charge in [-0.05, 0) is 18.9 Å². The summed E-state index contributed by atoms with van der Waals surface area (Å²) in [5, 5.41) is 4.10. The fourth-order valence-corrected chi connectivity index (χ4v) is 1.66. The largest absolute Gasteiger partial charge is 0.467 e. The van der Waals surface area contributed by atoms with Crippen LogP contribution in [0.5, 0.6) is 0 Å². The van der Waals surface area contributed by atoms with E-state index in [-0.39, 0.29) is 5.97 Å². The van der Waals surface area contributed by atoms with Crippen molar-refractivity contribution in [1.29, 1.82) is 0 Å². The van der Waals surface area contributed by atoms with Crippen molar-refractivity contribution in [3.8, 4) is 0 Å². The van der Waals surface area contributed by atoms with E-state index in [9.17, 15) is 9.59 Å². The van der Waals surface area contributed by atoms with Crippen LogP contribution in [0.15, 0.2) is 6.20 Å². The number of hydrogen-bond donors (Lipinski definition) is 0. The maximum atomic E-state index is 11.7. The summed E-state index contributed by atoms with van der Waals surface area (Å²) in [6.07, 6.45) is 4.98. The Balaban J connectivity index is 2.94. The number of nitrogens with zero attached hydrogens (tertiary/aromatic N) is 2. The first kappa shape index (κ1) is 13.4. The van der Waals surface area contributed by atoms with Gasteiger partial charge in [0.05, 0.1) is 7.11 Å². The average Bonchev–Trinajstić information content (AvgIpc) is 2.70. The molecule has 0 saturated carbocycles. The number of aldehydes is 1. The Morgan fingerprint density at radius 2 is 2.35 bits per heavy atom. The van der Waals surface area contributed by atoms with Gasteiger partial charge in [-0.3, -0.25) is 9.48 Å². The maximum absolute atomic E-state index is 11.7. The fourth-order valence-electron chi connectivity index (χ4n) is 1.66. The van der Waals surface area contributed by atoms with Gasteiger partial charge in [-0.2, -0.15) is 5.10 Å². The molecule has 0 aliphatic heterocycles. The zero-order chi connectivity index (χ0) is 12.8. The van der Waals surface area contributed by atoms with Crippen molar-refractivity contribution in [2.75, 3.05) is 7.11 Å². The van der Waals surface area contributed by atoms with Gasteiger partial charge in [-0.25, -0.2) is 4.79 Å². The molecule has 0 N–H and O–H groups in total. The van der Waals surface area contributed by atoms with E-state index in [1.807, 2.05) is 0 Å². The zero-order valence-corrected chi connectivity index (χ0v) is 10.5. The number of unbranched alkanes of at least 4 members (excludes halogenated alkanes) is 1. The molecule has 0 aromatic carbocycles. The van der Waals surface area contributed by atoms with Gasteiger partial charge in [0.25, 0.3) is 0 Å². The molecule has 0 bridgehead atoms. The molecule has 1 aromatic rings. The molecule has 0 aliphatic rings. The summed E-state index contributed by atoms with van der Waals surface area (Å²) in [6.45, 7) is 3.85. The van der Waals surface area contributed by atoms with Crippen molar-refractivity contribution in [1.82, 2.24) is 9.78 Å². The number of carbonyl (C=O) groups is 2. The summed E-state index contributed by atoms with van der Waals surface area (Å²) in [5.74, 6) is -0.321. The first-order chi connectivity index (χ1) is 8.13. The van der Waals surface area contributed by atoms with Crippen molar-refractivity contribution < 1.29 is 14.3 Å². The van der Waals surface area contributed by atoms with Crippen LogP contribution in [-0.4, -0.2) is 29.1 Å². The van der Waals surface area contributed by atoms with Crippen molar-refractivity contribution in [3.05, 3.63) is 17.5 Å². The van der Waals surface area contributed by atoms with Crippen LogP contribution < -0.4 is 0 Å². The highest BCUT2D eigenvalue weighted by atomic mass is 16.5. The summed E-state index contributed by atoms with van der Waals surface area (Å²) in [6, 6.07) is -0.438. The Morgan fingerprint density at radius 3 is 2.82 bits per heavy atom. The number of aromatic nitrogens is 2. The van der Waals surface area contributed by atoms with E-state index >= 15 is 0 Å². The monoisotopic (exact) mass is 238 g/mol. The van der Waals surface area contributed by atoms with Gasteiger partial charge in [-0.15, -0.1) is 0 Å². The first-order valence-electron chi connectivity index (χ1n) is 5.72. The molecule has 1 rings (SSSR count). The molecule has 0 aliphatic carbocycles. The van der Waals surface area contributed by atoms with Gasteiger partial charge in [0, 0.05) is 6.20 Å². The standard InChI is InChI=1S/C12H18N2O3/c1-4-5-6-11(12(16)17-3)14-7-9(2)10(8-15)13-14/h7-8,11H,4-6H2,1-3H3.